The van der Waals surface area contributed by atoms with Crippen molar-refractivity contribution in [1.29, 1.82) is 0 Å². The molecule has 6 rings (SSSR count). The van der Waals surface area contributed by atoms with Crippen LogP contribution in [-0.4, -0.2) is 76.5 Å². The van der Waals surface area contributed by atoms with Gasteiger partial charge in [0.15, 0.2) is 23.0 Å². The Morgan fingerprint density at radius 1 is 0.981 bits per heavy atom. The van der Waals surface area contributed by atoms with Gasteiger partial charge in [-0.3, -0.25) is 4.79 Å². The standard InChI is InChI=1S/C41H55N3O9/c1-25-11-15-41(23-27-12-16-43-37(42)18-27,40(39(48)49)13-5-4-6-14-40)36(44-25)24-52-35-20-28(19-34(51-3)38(35)47)32-22-29(45)21-30(53-32)9-7-26-8-10-31(46)33(17-26)50-2/h8,10,12,16-20,25,29-30,32,36,44-47H,4-7,9,11,13-15,21-24H2,1-3H3,(H2,42,43)(H,48,49)/t25-,29-,30-,32-,36+,41+/m0/s1. The molecular weight excluding hydrogens is 678 g/mol. The van der Waals surface area contributed by atoms with Crippen molar-refractivity contribution in [3.8, 4) is 28.7 Å². The number of nitrogens with one attached hydrogen (secondary N) is 1. The van der Waals surface area contributed by atoms with E-state index in [2.05, 4.69) is 17.2 Å². The maximum atomic E-state index is 13.5. The Labute approximate surface area is 311 Å². The maximum Gasteiger partial charge on any atom is 0.310 e. The molecule has 1 aliphatic carbocycles. The van der Waals surface area contributed by atoms with Crippen LogP contribution in [-0.2, 0) is 22.4 Å². The molecule has 1 saturated carbocycles. The molecule has 6 atom stereocenters. The first-order valence-electron chi connectivity index (χ1n) is 18.9. The first kappa shape index (κ1) is 38.5. The zero-order valence-electron chi connectivity index (χ0n) is 31.1. The van der Waals surface area contributed by atoms with Crippen LogP contribution in [0.25, 0.3) is 0 Å². The number of aromatic nitrogens is 1. The predicted molar refractivity (Wildman–Crippen MR) is 200 cm³/mol. The number of phenolic OH excluding ortho intramolecular Hbond substituents is 2. The van der Waals surface area contributed by atoms with Crippen molar-refractivity contribution in [2.75, 3.05) is 26.6 Å². The number of phenols is 2. The number of carboxylic acid groups (broad SMARTS) is 1. The van der Waals surface area contributed by atoms with Crippen molar-refractivity contribution < 1.29 is 44.2 Å². The van der Waals surface area contributed by atoms with E-state index in [9.17, 15) is 25.2 Å². The molecule has 0 amide bonds. The first-order chi connectivity index (χ1) is 25.5. The molecule has 3 fully saturated rings. The summed E-state index contributed by atoms with van der Waals surface area (Å²) in [4.78, 5) is 17.7. The number of pyridine rings is 1. The average Bonchev–Trinajstić information content (AvgIpc) is 3.15. The number of rotatable bonds is 13. The highest BCUT2D eigenvalue weighted by molar-refractivity contribution is 5.76. The van der Waals surface area contributed by atoms with Crippen molar-refractivity contribution in [3.63, 3.8) is 0 Å². The monoisotopic (exact) mass is 733 g/mol. The summed E-state index contributed by atoms with van der Waals surface area (Å²) < 4.78 is 24.0. The second-order valence-corrected chi connectivity index (χ2v) is 15.3. The zero-order chi connectivity index (χ0) is 37.8. The molecule has 12 heteroatoms. The number of carboxylic acids is 1. The van der Waals surface area contributed by atoms with Crippen molar-refractivity contribution in [2.45, 2.75) is 114 Å². The number of aliphatic hydroxyl groups is 1. The molecule has 3 heterocycles. The zero-order valence-corrected chi connectivity index (χ0v) is 31.1. The van der Waals surface area contributed by atoms with Crippen LogP contribution in [0.5, 0.6) is 28.7 Å². The van der Waals surface area contributed by atoms with Gasteiger partial charge in [-0.25, -0.2) is 4.98 Å². The van der Waals surface area contributed by atoms with Gasteiger partial charge < -0.3 is 50.4 Å². The molecular formula is C41H55N3O9. The number of hydrogen-bond donors (Lipinski definition) is 6. The number of carbonyl (C=O) groups is 1. The molecule has 12 nitrogen and oxygen atoms in total. The number of benzene rings is 2. The highest BCUT2D eigenvalue weighted by Gasteiger charge is 2.61. The van der Waals surface area contributed by atoms with Crippen LogP contribution in [0.15, 0.2) is 48.7 Å². The lowest BCUT2D eigenvalue weighted by Gasteiger charge is -2.57. The number of aliphatic hydroxyl groups excluding tert-OH is 1. The smallest absolute Gasteiger partial charge is 0.310 e. The summed E-state index contributed by atoms with van der Waals surface area (Å²) in [5.41, 5.74) is 7.02. The van der Waals surface area contributed by atoms with E-state index >= 15 is 0 Å². The molecule has 2 saturated heterocycles. The van der Waals surface area contributed by atoms with E-state index in [1.54, 1.807) is 30.5 Å². The minimum Gasteiger partial charge on any atom is -0.504 e. The normalized spacial score (nSPS) is 27.1. The van der Waals surface area contributed by atoms with Gasteiger partial charge in [-0.15, -0.1) is 0 Å². The van der Waals surface area contributed by atoms with Crippen LogP contribution >= 0.6 is 0 Å². The molecule has 0 spiro atoms. The summed E-state index contributed by atoms with van der Waals surface area (Å²) in [7, 11) is 2.99. The van der Waals surface area contributed by atoms with Gasteiger partial charge in [0.2, 0.25) is 5.75 Å². The Kier molecular flexibility index (Phi) is 11.9. The van der Waals surface area contributed by atoms with E-state index in [4.69, 9.17) is 24.7 Å². The fourth-order valence-corrected chi connectivity index (χ4v) is 9.27. The fraction of sp³-hybridized carbons (Fsp3) is 0.561. The number of piperidine rings is 1. The molecule has 3 aromatic rings. The number of aromatic hydroxyl groups is 2. The van der Waals surface area contributed by atoms with Gasteiger partial charge in [-0.1, -0.05) is 25.3 Å². The summed E-state index contributed by atoms with van der Waals surface area (Å²) in [5, 5.41) is 47.1. The van der Waals surface area contributed by atoms with E-state index in [1.165, 1.54) is 14.2 Å². The summed E-state index contributed by atoms with van der Waals surface area (Å²) in [6, 6.07) is 12.2. The molecule has 0 bridgehead atoms. The highest BCUT2D eigenvalue weighted by Crippen LogP contribution is 2.58. The van der Waals surface area contributed by atoms with E-state index in [1.807, 2.05) is 18.2 Å². The number of aryl methyl sites for hydroxylation is 1. The molecule has 53 heavy (non-hydrogen) atoms. The fourth-order valence-electron chi connectivity index (χ4n) is 9.27. The summed E-state index contributed by atoms with van der Waals surface area (Å²) in [5.74, 6) is 0.350. The SMILES string of the molecule is COc1cc(CC[C@H]2C[C@H](O)C[C@@H](c3cc(OC)c(O)c(OC[C@H]4N[C@@H](C)CC[C@]4(Cc4ccnc(N)c4)C4(C(=O)O)CCCCC4)c3)O2)ccc1O. The third-order valence-corrected chi connectivity index (χ3v) is 12.0. The van der Waals surface area contributed by atoms with E-state index in [-0.39, 0.29) is 47.8 Å². The largest absolute Gasteiger partial charge is 0.504 e. The van der Waals surface area contributed by atoms with E-state index in [0.29, 0.717) is 68.5 Å². The number of nitrogen functional groups attached to an aromatic ring is 1. The molecule has 3 aliphatic rings. The van der Waals surface area contributed by atoms with Gasteiger partial charge in [0.05, 0.1) is 37.9 Å². The summed E-state index contributed by atoms with van der Waals surface area (Å²) >= 11 is 0. The van der Waals surface area contributed by atoms with Gasteiger partial charge in [-0.05, 0) is 111 Å². The van der Waals surface area contributed by atoms with Gasteiger partial charge in [0.1, 0.15) is 12.4 Å². The Balaban J connectivity index is 1.27. The Bertz CT molecular complexity index is 1730. The van der Waals surface area contributed by atoms with E-state index < -0.39 is 29.0 Å². The van der Waals surface area contributed by atoms with E-state index in [0.717, 1.165) is 36.8 Å². The molecule has 0 unspecified atom stereocenters. The minimum absolute atomic E-state index is 0.0775. The minimum atomic E-state index is -0.988. The number of nitrogens with zero attached hydrogens (tertiary/aromatic N) is 1. The van der Waals surface area contributed by atoms with Gasteiger partial charge in [0.25, 0.3) is 0 Å². The van der Waals surface area contributed by atoms with Crippen LogP contribution < -0.4 is 25.3 Å². The maximum absolute atomic E-state index is 13.5. The molecule has 2 aliphatic heterocycles. The number of nitrogens with two attached hydrogens (primary N) is 1. The van der Waals surface area contributed by atoms with Crippen LogP contribution in [0.3, 0.4) is 0 Å². The second kappa shape index (κ2) is 16.4. The lowest BCUT2D eigenvalue weighted by Crippen LogP contribution is -2.66. The molecule has 0 radical (unpaired) electrons. The highest BCUT2D eigenvalue weighted by atomic mass is 16.5. The number of anilines is 1. The predicted octanol–water partition coefficient (Wildman–Crippen LogP) is 6.09. The number of aliphatic carboxylic acids is 1. The van der Waals surface area contributed by atoms with Gasteiger partial charge in [0, 0.05) is 30.1 Å². The Morgan fingerprint density at radius 3 is 2.45 bits per heavy atom. The van der Waals surface area contributed by atoms with Crippen LogP contribution in [0.1, 0.15) is 93.9 Å². The molecule has 1 aromatic heterocycles. The average molecular weight is 734 g/mol. The van der Waals surface area contributed by atoms with Crippen molar-refractivity contribution >= 4 is 11.8 Å². The lowest BCUT2D eigenvalue weighted by atomic mass is 9.49. The second-order valence-electron chi connectivity index (χ2n) is 15.3. The molecule has 288 valence electrons. The van der Waals surface area contributed by atoms with Gasteiger partial charge >= 0.3 is 5.97 Å². The van der Waals surface area contributed by atoms with Crippen LogP contribution in [0, 0.1) is 10.8 Å². The van der Waals surface area contributed by atoms with Crippen LogP contribution in [0.2, 0.25) is 0 Å². The Morgan fingerprint density at radius 2 is 1.74 bits per heavy atom. The first-order valence-corrected chi connectivity index (χ1v) is 18.9. The van der Waals surface area contributed by atoms with Crippen LogP contribution in [0.4, 0.5) is 5.82 Å². The summed E-state index contributed by atoms with van der Waals surface area (Å²) in [6.07, 6.45) is 8.29. The topological polar surface area (TPSA) is 186 Å². The molecule has 2 aromatic carbocycles. The lowest BCUT2D eigenvalue weighted by molar-refractivity contribution is -0.170. The molecule has 7 N–H and O–H groups in total. The number of hydrogen-bond acceptors (Lipinski definition) is 11. The van der Waals surface area contributed by atoms with Crippen molar-refractivity contribution in [3.05, 3.63) is 65.4 Å². The Hall–Kier alpha value is -4.26. The summed E-state index contributed by atoms with van der Waals surface area (Å²) in [6.45, 7) is 2.21. The third-order valence-electron chi connectivity index (χ3n) is 12.0. The van der Waals surface area contributed by atoms with Gasteiger partial charge in [-0.2, -0.15) is 0 Å². The van der Waals surface area contributed by atoms with Crippen molar-refractivity contribution in [2.24, 2.45) is 10.8 Å². The number of methoxy groups -OCH3 is 2. The quantitative estimate of drug-likeness (QED) is 0.119. The number of ether oxygens (including phenoxy) is 4. The third kappa shape index (κ3) is 8.14. The van der Waals surface area contributed by atoms with Crippen molar-refractivity contribution in [1.82, 2.24) is 10.3 Å².